The number of amides is 1. The van der Waals surface area contributed by atoms with E-state index in [9.17, 15) is 4.79 Å². The molecule has 1 rings (SSSR count). The molecule has 5 heteroatoms. The van der Waals surface area contributed by atoms with Gasteiger partial charge in [0.05, 0.1) is 12.6 Å². The van der Waals surface area contributed by atoms with Gasteiger partial charge in [-0.3, -0.25) is 4.79 Å². The van der Waals surface area contributed by atoms with E-state index in [1.807, 2.05) is 25.1 Å². The van der Waals surface area contributed by atoms with Crippen LogP contribution in [0.4, 0.5) is 0 Å². The number of carbonyl (C=O) groups is 1. The van der Waals surface area contributed by atoms with E-state index in [1.54, 1.807) is 7.11 Å². The number of methoxy groups -OCH3 is 1. The zero-order chi connectivity index (χ0) is 12.8. The Morgan fingerprint density at radius 2 is 2.24 bits per heavy atom. The number of hydrogen-bond donors (Lipinski definition) is 1. The lowest BCUT2D eigenvalue weighted by Gasteiger charge is -2.16. The van der Waals surface area contributed by atoms with Crippen molar-refractivity contribution >= 4 is 37.8 Å². The molecule has 0 aromatic heterocycles. The molecule has 0 spiro atoms. The van der Waals surface area contributed by atoms with Gasteiger partial charge in [0.2, 0.25) is 0 Å². The first kappa shape index (κ1) is 14.7. The zero-order valence-corrected chi connectivity index (χ0v) is 13.0. The van der Waals surface area contributed by atoms with E-state index >= 15 is 0 Å². The van der Waals surface area contributed by atoms with Crippen LogP contribution in [0.3, 0.4) is 0 Å². The number of rotatable bonds is 5. The number of ether oxygens (including phenoxy) is 1. The minimum absolute atomic E-state index is 0.0180. The summed E-state index contributed by atoms with van der Waals surface area (Å²) in [7, 11) is 1.62. The molecule has 1 unspecified atom stereocenters. The normalized spacial score (nSPS) is 12.2. The maximum atomic E-state index is 12.0. The molecule has 1 aromatic carbocycles. The van der Waals surface area contributed by atoms with E-state index in [-0.39, 0.29) is 11.9 Å². The lowest BCUT2D eigenvalue weighted by molar-refractivity contribution is 0.0907. The molecule has 0 aliphatic rings. The minimum Gasteiger partial charge on any atom is -0.383 e. The highest BCUT2D eigenvalue weighted by Gasteiger charge is 2.14. The van der Waals surface area contributed by atoms with Crippen LogP contribution in [0.1, 0.15) is 15.9 Å². The summed E-state index contributed by atoms with van der Waals surface area (Å²) in [6, 6.07) is 5.58. The second-order valence-corrected chi connectivity index (χ2v) is 5.30. The van der Waals surface area contributed by atoms with Gasteiger partial charge in [0, 0.05) is 22.5 Å². The molecule has 3 nitrogen and oxygen atoms in total. The Morgan fingerprint density at radius 1 is 1.53 bits per heavy atom. The van der Waals surface area contributed by atoms with Gasteiger partial charge in [-0.25, -0.2) is 0 Å². The first-order valence-corrected chi connectivity index (χ1v) is 7.11. The van der Waals surface area contributed by atoms with Crippen molar-refractivity contribution in [3.8, 4) is 0 Å². The van der Waals surface area contributed by atoms with Crippen LogP contribution >= 0.6 is 31.9 Å². The molecule has 0 saturated heterocycles. The number of benzene rings is 1. The quantitative estimate of drug-likeness (QED) is 0.816. The second-order valence-electron chi connectivity index (χ2n) is 3.74. The summed E-state index contributed by atoms with van der Waals surface area (Å²) in [5, 5.41) is 3.59. The average molecular weight is 365 g/mol. The van der Waals surface area contributed by atoms with Crippen molar-refractivity contribution in [1.29, 1.82) is 0 Å². The molecule has 94 valence electrons. The predicted molar refractivity (Wildman–Crippen MR) is 75.8 cm³/mol. The van der Waals surface area contributed by atoms with Gasteiger partial charge in [-0.15, -0.1) is 0 Å². The lowest BCUT2D eigenvalue weighted by atomic mass is 10.1. The van der Waals surface area contributed by atoms with Gasteiger partial charge in [-0.05, 0) is 30.7 Å². The summed E-state index contributed by atoms with van der Waals surface area (Å²) in [6.07, 6.45) is 0. The van der Waals surface area contributed by atoms with Crippen LogP contribution in [0.25, 0.3) is 0 Å². The zero-order valence-electron chi connectivity index (χ0n) is 9.80. The molecule has 1 atom stereocenters. The number of alkyl halides is 1. The molecule has 17 heavy (non-hydrogen) atoms. The fourth-order valence-corrected chi connectivity index (χ4v) is 2.30. The first-order chi connectivity index (χ1) is 8.08. The van der Waals surface area contributed by atoms with E-state index in [0.717, 1.165) is 10.0 Å². The van der Waals surface area contributed by atoms with Crippen LogP contribution < -0.4 is 5.32 Å². The summed E-state index contributed by atoms with van der Waals surface area (Å²) >= 11 is 6.72. The van der Waals surface area contributed by atoms with Gasteiger partial charge in [0.15, 0.2) is 0 Å². The molecular weight excluding hydrogens is 350 g/mol. The summed E-state index contributed by atoms with van der Waals surface area (Å²) < 4.78 is 6.00. The van der Waals surface area contributed by atoms with Gasteiger partial charge in [0.25, 0.3) is 5.91 Å². The first-order valence-electron chi connectivity index (χ1n) is 5.20. The van der Waals surface area contributed by atoms with Crippen LogP contribution in [0, 0.1) is 6.92 Å². The fourth-order valence-electron chi connectivity index (χ4n) is 1.47. The molecular formula is C12H15Br2NO2. The molecule has 0 aliphatic carbocycles. The highest BCUT2D eigenvalue weighted by atomic mass is 79.9. The number of nitrogens with one attached hydrogen (secondary N) is 1. The lowest BCUT2D eigenvalue weighted by Crippen LogP contribution is -2.39. The third kappa shape index (κ3) is 4.41. The summed E-state index contributed by atoms with van der Waals surface area (Å²) in [6.45, 7) is 2.41. The van der Waals surface area contributed by atoms with Crippen LogP contribution in [-0.2, 0) is 4.74 Å². The van der Waals surface area contributed by atoms with E-state index in [1.165, 1.54) is 0 Å². The fraction of sp³-hybridized carbons (Fsp3) is 0.417. The van der Waals surface area contributed by atoms with Crippen molar-refractivity contribution in [2.45, 2.75) is 13.0 Å². The maximum Gasteiger partial charge on any atom is 0.251 e. The van der Waals surface area contributed by atoms with Crippen LogP contribution in [-0.4, -0.2) is 31.0 Å². The highest BCUT2D eigenvalue weighted by molar-refractivity contribution is 9.10. The maximum absolute atomic E-state index is 12.0. The molecule has 0 fully saturated rings. The largest absolute Gasteiger partial charge is 0.383 e. The molecule has 0 heterocycles. The van der Waals surface area contributed by atoms with Gasteiger partial charge < -0.3 is 10.1 Å². The Kier molecular flexibility index (Phi) is 6.16. The van der Waals surface area contributed by atoms with Crippen LogP contribution in [0.15, 0.2) is 22.7 Å². The third-order valence-corrected chi connectivity index (χ3v) is 3.60. The van der Waals surface area contributed by atoms with Gasteiger partial charge in [-0.1, -0.05) is 31.9 Å². The van der Waals surface area contributed by atoms with E-state index in [0.29, 0.717) is 17.5 Å². The number of aryl methyl sites for hydroxylation is 1. The van der Waals surface area contributed by atoms with Crippen molar-refractivity contribution in [2.75, 3.05) is 19.0 Å². The Bertz CT molecular complexity index is 396. The molecule has 0 radical (unpaired) electrons. The molecule has 0 saturated carbocycles. The average Bonchev–Trinajstić information content (AvgIpc) is 2.28. The Hall–Kier alpha value is -0.390. The van der Waals surface area contributed by atoms with Crippen molar-refractivity contribution in [3.05, 3.63) is 33.8 Å². The van der Waals surface area contributed by atoms with Gasteiger partial charge >= 0.3 is 0 Å². The van der Waals surface area contributed by atoms with Crippen molar-refractivity contribution in [3.63, 3.8) is 0 Å². The van der Waals surface area contributed by atoms with Crippen molar-refractivity contribution in [1.82, 2.24) is 5.32 Å². The van der Waals surface area contributed by atoms with E-state index in [4.69, 9.17) is 4.74 Å². The molecule has 0 bridgehead atoms. The monoisotopic (exact) mass is 363 g/mol. The Morgan fingerprint density at radius 3 is 2.76 bits per heavy atom. The summed E-state index contributed by atoms with van der Waals surface area (Å²) in [4.78, 5) is 12.0. The van der Waals surface area contributed by atoms with Crippen molar-refractivity contribution < 1.29 is 9.53 Å². The van der Waals surface area contributed by atoms with Crippen molar-refractivity contribution in [2.24, 2.45) is 0 Å². The molecule has 1 amide bonds. The summed E-state index contributed by atoms with van der Waals surface area (Å²) in [5.41, 5.74) is 1.64. The Balaban J connectivity index is 2.75. The minimum atomic E-state index is -0.0727. The van der Waals surface area contributed by atoms with Crippen LogP contribution in [0.5, 0.6) is 0 Å². The third-order valence-electron chi connectivity index (χ3n) is 2.32. The second kappa shape index (κ2) is 7.13. The predicted octanol–water partition coefficient (Wildman–Crippen LogP) is 2.90. The summed E-state index contributed by atoms with van der Waals surface area (Å²) in [5.74, 6) is -0.0727. The number of hydrogen-bond acceptors (Lipinski definition) is 2. The SMILES string of the molecule is COCC(CBr)NC(=O)c1ccc(Br)cc1C. The van der Waals surface area contributed by atoms with E-state index < -0.39 is 0 Å². The van der Waals surface area contributed by atoms with E-state index in [2.05, 4.69) is 37.2 Å². The smallest absolute Gasteiger partial charge is 0.251 e. The standard InChI is InChI=1S/C12H15Br2NO2/c1-8-5-9(14)3-4-11(8)12(16)15-10(6-13)7-17-2/h3-5,10H,6-7H2,1-2H3,(H,15,16). The number of carbonyl (C=O) groups excluding carboxylic acids is 1. The van der Waals surface area contributed by atoms with Gasteiger partial charge in [-0.2, -0.15) is 0 Å². The van der Waals surface area contributed by atoms with Crippen LogP contribution in [0.2, 0.25) is 0 Å². The molecule has 1 aromatic rings. The van der Waals surface area contributed by atoms with Gasteiger partial charge in [0.1, 0.15) is 0 Å². The Labute approximate surface area is 118 Å². The highest BCUT2D eigenvalue weighted by Crippen LogP contribution is 2.15. The topological polar surface area (TPSA) is 38.3 Å². The molecule has 1 N–H and O–H groups in total. The molecule has 0 aliphatic heterocycles. The number of halogens is 2.